The number of H-pyrrole nitrogens is 1. The molecule has 194 valence electrons. The lowest BCUT2D eigenvalue weighted by molar-refractivity contribution is -0.117. The van der Waals surface area contributed by atoms with E-state index in [1.807, 2.05) is 43.3 Å². The number of carbonyl (C=O) groups is 2. The largest absolute Gasteiger partial charge is 0.309 e. The Bertz CT molecular complexity index is 1370. The maximum atomic E-state index is 12.8. The van der Waals surface area contributed by atoms with Crippen LogP contribution in [0.3, 0.4) is 0 Å². The fourth-order valence-electron chi connectivity index (χ4n) is 4.67. The Morgan fingerprint density at radius 2 is 2.03 bits per heavy atom. The van der Waals surface area contributed by atoms with Crippen molar-refractivity contribution in [2.24, 2.45) is 0 Å². The molecule has 2 aromatic heterocycles. The Kier molecular flexibility index (Phi) is 7.61. The van der Waals surface area contributed by atoms with Crippen LogP contribution in [0.1, 0.15) is 55.7 Å². The van der Waals surface area contributed by atoms with E-state index in [-0.39, 0.29) is 23.8 Å². The van der Waals surface area contributed by atoms with E-state index < -0.39 is 0 Å². The van der Waals surface area contributed by atoms with Gasteiger partial charge in [-0.2, -0.15) is 10.4 Å². The molecule has 2 aliphatic rings. The van der Waals surface area contributed by atoms with Crippen LogP contribution in [-0.2, 0) is 9.59 Å². The van der Waals surface area contributed by atoms with Crippen LogP contribution in [0, 0.1) is 11.3 Å². The van der Waals surface area contributed by atoms with E-state index >= 15 is 0 Å². The van der Waals surface area contributed by atoms with Gasteiger partial charge in [-0.1, -0.05) is 30.3 Å². The number of amides is 2. The molecule has 1 aliphatic heterocycles. The number of nitrogens with one attached hydrogen (secondary N) is 3. The van der Waals surface area contributed by atoms with Crippen LogP contribution in [0.25, 0.3) is 11.1 Å². The number of hydrogen-bond acceptors (Lipinski definition) is 6. The second-order valence-electron chi connectivity index (χ2n) is 9.92. The molecule has 0 radical (unpaired) electrons. The third kappa shape index (κ3) is 6.15. The fourth-order valence-corrected chi connectivity index (χ4v) is 4.67. The van der Waals surface area contributed by atoms with Crippen molar-refractivity contribution in [3.8, 4) is 17.2 Å². The summed E-state index contributed by atoms with van der Waals surface area (Å²) in [5.74, 6) is 0.810. The van der Waals surface area contributed by atoms with Crippen LogP contribution in [-0.4, -0.2) is 51.0 Å². The Balaban J connectivity index is 1.16. The van der Waals surface area contributed by atoms with Crippen molar-refractivity contribution >= 4 is 23.5 Å². The lowest BCUT2D eigenvalue weighted by atomic mass is 9.96. The highest BCUT2D eigenvalue weighted by molar-refractivity contribution is 5.98. The molecule has 1 saturated carbocycles. The summed E-state index contributed by atoms with van der Waals surface area (Å²) in [6.07, 6.45) is 9.19. The monoisotopic (exact) mass is 509 g/mol. The first kappa shape index (κ1) is 25.4. The predicted molar refractivity (Wildman–Crippen MR) is 145 cm³/mol. The molecular formula is C29H31N7O2. The normalized spacial score (nSPS) is 18.3. The summed E-state index contributed by atoms with van der Waals surface area (Å²) >= 11 is 0. The van der Waals surface area contributed by atoms with Crippen LogP contribution >= 0.6 is 0 Å². The number of anilines is 2. The summed E-state index contributed by atoms with van der Waals surface area (Å²) in [5, 5.41) is 22.1. The molecule has 1 saturated heterocycles. The van der Waals surface area contributed by atoms with Crippen molar-refractivity contribution in [3.05, 3.63) is 72.1 Å². The quantitative estimate of drug-likeness (QED) is 0.363. The van der Waals surface area contributed by atoms with Gasteiger partial charge in [-0.25, -0.2) is 4.98 Å². The van der Waals surface area contributed by atoms with Crippen molar-refractivity contribution in [1.82, 2.24) is 20.1 Å². The van der Waals surface area contributed by atoms with Gasteiger partial charge >= 0.3 is 0 Å². The number of hydrogen-bond donors (Lipinski definition) is 3. The van der Waals surface area contributed by atoms with Gasteiger partial charge in [0.1, 0.15) is 5.82 Å². The first-order chi connectivity index (χ1) is 18.5. The van der Waals surface area contributed by atoms with Crippen molar-refractivity contribution in [2.45, 2.75) is 50.5 Å². The number of nitriles is 1. The smallest absolute Gasteiger partial charge is 0.249 e. The molecule has 1 aliphatic carbocycles. The average Bonchev–Trinajstić information content (AvgIpc) is 3.51. The third-order valence-corrected chi connectivity index (χ3v) is 7.12. The molecule has 2 atom stereocenters. The molecule has 3 heterocycles. The van der Waals surface area contributed by atoms with Crippen molar-refractivity contribution in [3.63, 3.8) is 0 Å². The summed E-state index contributed by atoms with van der Waals surface area (Å²) < 4.78 is 0. The maximum absolute atomic E-state index is 12.8. The molecule has 3 aromatic rings. The second kappa shape index (κ2) is 11.4. The van der Waals surface area contributed by atoms with Crippen LogP contribution in [0.4, 0.5) is 11.6 Å². The lowest BCUT2D eigenvalue weighted by Crippen LogP contribution is -2.28. The lowest BCUT2D eigenvalue weighted by Gasteiger charge is -2.15. The molecular weight excluding hydrogens is 478 g/mol. The first-order valence-electron chi connectivity index (χ1n) is 13.0. The van der Waals surface area contributed by atoms with Gasteiger partial charge in [-0.15, -0.1) is 0 Å². The molecule has 5 rings (SSSR count). The average molecular weight is 510 g/mol. The molecule has 0 bridgehead atoms. The summed E-state index contributed by atoms with van der Waals surface area (Å²) in [6, 6.07) is 15.6. The molecule has 1 aromatic carbocycles. The second-order valence-corrected chi connectivity index (χ2v) is 9.92. The molecule has 3 N–H and O–H groups in total. The van der Waals surface area contributed by atoms with Gasteiger partial charge in [0.2, 0.25) is 11.8 Å². The van der Waals surface area contributed by atoms with E-state index in [9.17, 15) is 9.59 Å². The van der Waals surface area contributed by atoms with E-state index in [1.165, 1.54) is 18.9 Å². The van der Waals surface area contributed by atoms with Gasteiger partial charge in [-0.3, -0.25) is 19.6 Å². The van der Waals surface area contributed by atoms with Crippen molar-refractivity contribution < 1.29 is 9.59 Å². The van der Waals surface area contributed by atoms with E-state index in [0.717, 1.165) is 41.8 Å². The van der Waals surface area contributed by atoms with Crippen molar-refractivity contribution in [1.29, 1.82) is 5.26 Å². The number of nitrogens with zero attached hydrogens (tertiary/aromatic N) is 4. The summed E-state index contributed by atoms with van der Waals surface area (Å²) in [5.41, 5.74) is 3.78. The summed E-state index contributed by atoms with van der Waals surface area (Å²) in [6.45, 7) is 3.33. The van der Waals surface area contributed by atoms with Gasteiger partial charge in [0.15, 0.2) is 5.82 Å². The van der Waals surface area contributed by atoms with E-state index in [4.69, 9.17) is 5.26 Å². The summed E-state index contributed by atoms with van der Waals surface area (Å²) in [4.78, 5) is 31.6. The van der Waals surface area contributed by atoms with Gasteiger partial charge < -0.3 is 10.6 Å². The number of rotatable bonds is 9. The van der Waals surface area contributed by atoms with Crippen LogP contribution in [0.2, 0.25) is 0 Å². The van der Waals surface area contributed by atoms with Crippen LogP contribution < -0.4 is 10.6 Å². The summed E-state index contributed by atoms with van der Waals surface area (Å²) in [7, 11) is 0. The van der Waals surface area contributed by atoms with Crippen LogP contribution in [0.5, 0.6) is 0 Å². The molecule has 9 nitrogen and oxygen atoms in total. The highest BCUT2D eigenvalue weighted by Crippen LogP contribution is 2.39. The Morgan fingerprint density at radius 1 is 1.16 bits per heavy atom. The Morgan fingerprint density at radius 3 is 2.79 bits per heavy atom. The standard InChI is InChI=1S/C29H31N7O2/c1-19(29(38)33-27-16-25(34-35-27)20-9-10-20)21-5-2-6-22(15-21)23-11-12-26(31-18-23)32-28(37)8-4-14-36-13-3-7-24(36)17-30/h2,4-6,8,11-12,15-16,18-20,24H,3,7,9-10,13-14H2,1H3,(H,31,32,37)(H2,33,34,35,38)/b8-4+/t19-,24-/m0/s1. The number of carbonyl (C=O) groups excluding carboxylic acids is 2. The van der Waals surface area contributed by atoms with E-state index in [2.05, 4.69) is 36.8 Å². The number of aromatic amines is 1. The Labute approximate surface area is 222 Å². The first-order valence-corrected chi connectivity index (χ1v) is 13.0. The van der Waals surface area contributed by atoms with Gasteiger partial charge in [0.25, 0.3) is 0 Å². The van der Waals surface area contributed by atoms with E-state index in [0.29, 0.717) is 24.1 Å². The fraction of sp³-hybridized carbons (Fsp3) is 0.345. The molecule has 2 amide bonds. The molecule has 9 heteroatoms. The van der Waals surface area contributed by atoms with Crippen LogP contribution in [0.15, 0.2) is 60.8 Å². The molecule has 38 heavy (non-hydrogen) atoms. The SMILES string of the molecule is C[C@H](C(=O)Nc1cc(C2CC2)[nH]n1)c1cccc(-c2ccc(NC(=O)/C=C/CN3CCC[C@H]3C#N)nc2)c1. The highest BCUT2D eigenvalue weighted by atomic mass is 16.2. The molecule has 0 unspecified atom stereocenters. The van der Waals surface area contributed by atoms with E-state index in [1.54, 1.807) is 18.3 Å². The van der Waals surface area contributed by atoms with Gasteiger partial charge in [-0.05, 0) is 62.4 Å². The maximum Gasteiger partial charge on any atom is 0.249 e. The number of benzene rings is 1. The minimum atomic E-state index is -0.363. The molecule has 0 spiro atoms. The zero-order chi connectivity index (χ0) is 26.5. The Hall–Kier alpha value is -4.29. The third-order valence-electron chi connectivity index (χ3n) is 7.12. The van der Waals surface area contributed by atoms with Gasteiger partial charge in [0.05, 0.1) is 18.0 Å². The van der Waals surface area contributed by atoms with Crippen molar-refractivity contribution in [2.75, 3.05) is 23.7 Å². The minimum Gasteiger partial charge on any atom is -0.309 e. The predicted octanol–water partition coefficient (Wildman–Crippen LogP) is 4.57. The zero-order valence-electron chi connectivity index (χ0n) is 21.4. The topological polar surface area (TPSA) is 127 Å². The highest BCUT2D eigenvalue weighted by Gasteiger charge is 2.26. The minimum absolute atomic E-state index is 0.0656. The number of likely N-dealkylation sites (tertiary alicyclic amines) is 1. The number of pyridine rings is 1. The number of aromatic nitrogens is 3. The van der Waals surface area contributed by atoms with Gasteiger partial charge in [0, 0.05) is 42.1 Å². The zero-order valence-corrected chi connectivity index (χ0v) is 21.4. The molecule has 2 fully saturated rings.